The van der Waals surface area contributed by atoms with Crippen LogP contribution in [-0.2, 0) is 0 Å². The van der Waals surface area contributed by atoms with E-state index in [0.29, 0.717) is 6.42 Å². The standard InChI is InChI=1S/C14H20F2N2O3/c1-9(2)10(5-7-19)18-14(20)13-11(4-3-6-17-13)21-8-12(15)16/h3-4,6,9-10,12,19H,5,7-8H2,1-2H3,(H,18,20). The molecule has 118 valence electrons. The van der Waals surface area contributed by atoms with E-state index in [2.05, 4.69) is 10.3 Å². The van der Waals surface area contributed by atoms with Crippen LogP contribution in [0.1, 0.15) is 30.8 Å². The lowest BCUT2D eigenvalue weighted by atomic mass is 10.0. The Labute approximate surface area is 122 Å². The van der Waals surface area contributed by atoms with Crippen LogP contribution in [-0.4, -0.2) is 41.7 Å². The Kier molecular flexibility index (Phi) is 7.01. The van der Waals surface area contributed by atoms with Crippen molar-refractivity contribution in [2.75, 3.05) is 13.2 Å². The molecule has 1 aromatic rings. The predicted molar refractivity (Wildman–Crippen MR) is 73.5 cm³/mol. The first-order valence-electron chi connectivity index (χ1n) is 6.73. The number of hydrogen-bond donors (Lipinski definition) is 2. The third-order valence-electron chi connectivity index (χ3n) is 2.91. The molecule has 2 N–H and O–H groups in total. The first kappa shape index (κ1) is 17.3. The highest BCUT2D eigenvalue weighted by Crippen LogP contribution is 2.17. The van der Waals surface area contributed by atoms with Crippen molar-refractivity contribution in [3.63, 3.8) is 0 Å². The Morgan fingerprint density at radius 3 is 2.76 bits per heavy atom. The van der Waals surface area contributed by atoms with E-state index < -0.39 is 18.9 Å². The number of aliphatic hydroxyl groups excluding tert-OH is 1. The van der Waals surface area contributed by atoms with Crippen LogP contribution < -0.4 is 10.1 Å². The number of hydrogen-bond acceptors (Lipinski definition) is 4. The average molecular weight is 302 g/mol. The van der Waals surface area contributed by atoms with Crippen molar-refractivity contribution in [1.82, 2.24) is 10.3 Å². The number of aromatic nitrogens is 1. The molecule has 0 radical (unpaired) electrons. The molecule has 1 amide bonds. The average Bonchev–Trinajstić information content (AvgIpc) is 2.44. The van der Waals surface area contributed by atoms with Crippen LogP contribution in [0.4, 0.5) is 8.78 Å². The number of ether oxygens (including phenoxy) is 1. The summed E-state index contributed by atoms with van der Waals surface area (Å²) in [5.41, 5.74) is -0.0401. The topological polar surface area (TPSA) is 71.5 Å². The number of nitrogens with one attached hydrogen (secondary N) is 1. The van der Waals surface area contributed by atoms with Gasteiger partial charge in [-0.25, -0.2) is 13.8 Å². The highest BCUT2D eigenvalue weighted by molar-refractivity contribution is 5.95. The number of nitrogens with zero attached hydrogens (tertiary/aromatic N) is 1. The SMILES string of the molecule is CC(C)C(CCO)NC(=O)c1ncccc1OCC(F)F. The smallest absolute Gasteiger partial charge is 0.273 e. The second-order valence-electron chi connectivity index (χ2n) is 4.89. The van der Waals surface area contributed by atoms with Gasteiger partial charge in [-0.3, -0.25) is 4.79 Å². The molecule has 0 saturated carbocycles. The van der Waals surface area contributed by atoms with Gasteiger partial charge in [-0.05, 0) is 24.5 Å². The molecule has 21 heavy (non-hydrogen) atoms. The fourth-order valence-corrected chi connectivity index (χ4v) is 1.78. The number of carbonyl (C=O) groups excluding carboxylic acids is 1. The first-order valence-corrected chi connectivity index (χ1v) is 6.73. The summed E-state index contributed by atoms with van der Waals surface area (Å²) in [6.07, 6.45) is -0.830. The van der Waals surface area contributed by atoms with Crippen LogP contribution >= 0.6 is 0 Å². The van der Waals surface area contributed by atoms with Gasteiger partial charge in [0.25, 0.3) is 12.3 Å². The fraction of sp³-hybridized carbons (Fsp3) is 0.571. The van der Waals surface area contributed by atoms with Crippen molar-refractivity contribution in [1.29, 1.82) is 0 Å². The second kappa shape index (κ2) is 8.51. The summed E-state index contributed by atoms with van der Waals surface area (Å²) in [6.45, 7) is 2.97. The van der Waals surface area contributed by atoms with Crippen LogP contribution in [0.15, 0.2) is 18.3 Å². The fourth-order valence-electron chi connectivity index (χ4n) is 1.78. The minimum atomic E-state index is -2.63. The number of rotatable bonds is 8. The van der Waals surface area contributed by atoms with Gasteiger partial charge in [0.15, 0.2) is 11.4 Å². The van der Waals surface area contributed by atoms with Crippen LogP contribution in [0.25, 0.3) is 0 Å². The molecule has 7 heteroatoms. The molecule has 0 aliphatic carbocycles. The second-order valence-corrected chi connectivity index (χ2v) is 4.89. The summed E-state index contributed by atoms with van der Waals surface area (Å²) >= 11 is 0. The Hall–Kier alpha value is -1.76. The number of halogens is 2. The molecule has 0 aromatic carbocycles. The molecule has 1 rings (SSSR count). The molecule has 1 atom stereocenters. The molecule has 0 aliphatic rings. The molecular weight excluding hydrogens is 282 g/mol. The number of carbonyl (C=O) groups is 1. The van der Waals surface area contributed by atoms with Crippen molar-refractivity contribution >= 4 is 5.91 Å². The van der Waals surface area contributed by atoms with Crippen molar-refractivity contribution < 1.29 is 23.4 Å². The largest absolute Gasteiger partial charge is 0.485 e. The van der Waals surface area contributed by atoms with E-state index in [-0.39, 0.29) is 30.0 Å². The zero-order chi connectivity index (χ0) is 15.8. The molecule has 0 bridgehead atoms. The van der Waals surface area contributed by atoms with Gasteiger partial charge in [0, 0.05) is 18.8 Å². The van der Waals surface area contributed by atoms with Crippen molar-refractivity contribution in [2.24, 2.45) is 5.92 Å². The van der Waals surface area contributed by atoms with Gasteiger partial charge in [0.05, 0.1) is 0 Å². The van der Waals surface area contributed by atoms with Crippen LogP contribution in [0, 0.1) is 5.92 Å². The Morgan fingerprint density at radius 1 is 1.48 bits per heavy atom. The van der Waals surface area contributed by atoms with Crippen molar-refractivity contribution in [2.45, 2.75) is 32.7 Å². The van der Waals surface area contributed by atoms with Crippen molar-refractivity contribution in [3.05, 3.63) is 24.0 Å². The minimum Gasteiger partial charge on any atom is -0.485 e. The Bertz CT molecular complexity index is 456. The maximum Gasteiger partial charge on any atom is 0.273 e. The maximum atomic E-state index is 12.2. The normalized spacial score (nSPS) is 12.5. The molecule has 1 aromatic heterocycles. The summed E-state index contributed by atoms with van der Waals surface area (Å²) < 4.78 is 29.3. The van der Waals surface area contributed by atoms with Gasteiger partial charge in [-0.1, -0.05) is 13.8 Å². The summed E-state index contributed by atoms with van der Waals surface area (Å²) in [4.78, 5) is 16.1. The van der Waals surface area contributed by atoms with E-state index >= 15 is 0 Å². The Morgan fingerprint density at radius 2 is 2.19 bits per heavy atom. The number of amides is 1. The van der Waals surface area contributed by atoms with Crippen molar-refractivity contribution in [3.8, 4) is 5.75 Å². The molecule has 0 saturated heterocycles. The van der Waals surface area contributed by atoms with E-state index in [1.54, 1.807) is 0 Å². The summed E-state index contributed by atoms with van der Waals surface area (Å²) in [5.74, 6) is -0.371. The first-order chi connectivity index (χ1) is 9.95. The Balaban J connectivity index is 2.81. The molecule has 5 nitrogen and oxygen atoms in total. The molecule has 1 unspecified atom stereocenters. The lowest BCUT2D eigenvalue weighted by molar-refractivity contribution is 0.0783. The molecule has 0 spiro atoms. The van der Waals surface area contributed by atoms with Crippen LogP contribution in [0.5, 0.6) is 5.75 Å². The summed E-state index contributed by atoms with van der Waals surface area (Å²) in [5, 5.41) is 11.7. The number of aliphatic hydroxyl groups is 1. The summed E-state index contributed by atoms with van der Waals surface area (Å²) in [7, 11) is 0. The quantitative estimate of drug-likeness (QED) is 0.769. The van der Waals surface area contributed by atoms with Gasteiger partial charge in [0.1, 0.15) is 6.61 Å². The predicted octanol–water partition coefficient (Wildman–Crippen LogP) is 1.86. The van der Waals surface area contributed by atoms with E-state index in [4.69, 9.17) is 9.84 Å². The zero-order valence-electron chi connectivity index (χ0n) is 12.1. The van der Waals surface area contributed by atoms with E-state index in [0.717, 1.165) is 0 Å². The highest BCUT2D eigenvalue weighted by Gasteiger charge is 2.20. The van der Waals surface area contributed by atoms with Gasteiger partial charge < -0.3 is 15.2 Å². The van der Waals surface area contributed by atoms with Gasteiger partial charge in [-0.2, -0.15) is 0 Å². The number of pyridine rings is 1. The van der Waals surface area contributed by atoms with Crippen LogP contribution in [0.2, 0.25) is 0 Å². The van der Waals surface area contributed by atoms with Gasteiger partial charge in [-0.15, -0.1) is 0 Å². The molecular formula is C14H20F2N2O3. The third-order valence-corrected chi connectivity index (χ3v) is 2.91. The molecule has 0 fully saturated rings. The van der Waals surface area contributed by atoms with E-state index in [9.17, 15) is 13.6 Å². The lowest BCUT2D eigenvalue weighted by Gasteiger charge is -2.21. The lowest BCUT2D eigenvalue weighted by Crippen LogP contribution is -2.39. The van der Waals surface area contributed by atoms with E-state index in [1.807, 2.05) is 13.8 Å². The maximum absolute atomic E-state index is 12.2. The van der Waals surface area contributed by atoms with Gasteiger partial charge >= 0.3 is 0 Å². The van der Waals surface area contributed by atoms with E-state index in [1.165, 1.54) is 18.3 Å². The molecule has 1 heterocycles. The third kappa shape index (κ3) is 5.63. The summed E-state index contributed by atoms with van der Waals surface area (Å²) in [6, 6.07) is 2.69. The molecule has 0 aliphatic heterocycles. The minimum absolute atomic E-state index is 0.0156. The zero-order valence-corrected chi connectivity index (χ0v) is 12.1. The van der Waals surface area contributed by atoms with Gasteiger partial charge in [0.2, 0.25) is 0 Å². The highest BCUT2D eigenvalue weighted by atomic mass is 19.3. The van der Waals surface area contributed by atoms with Crippen LogP contribution in [0.3, 0.4) is 0 Å². The number of alkyl halides is 2. The monoisotopic (exact) mass is 302 g/mol.